The van der Waals surface area contributed by atoms with E-state index in [4.69, 9.17) is 14.2 Å². The van der Waals surface area contributed by atoms with Gasteiger partial charge < -0.3 is 14.2 Å². The Morgan fingerprint density at radius 1 is 1.18 bits per heavy atom. The third kappa shape index (κ3) is 6.04. The fourth-order valence-corrected chi connectivity index (χ4v) is 1.84. The van der Waals surface area contributed by atoms with Crippen LogP contribution in [0, 0.1) is 0 Å². The molecule has 1 aromatic rings. The third-order valence-corrected chi connectivity index (χ3v) is 2.75. The summed E-state index contributed by atoms with van der Waals surface area (Å²) in [6.07, 6.45) is 3.51. The zero-order chi connectivity index (χ0) is 16.5. The monoisotopic (exact) mass is 304 g/mol. The van der Waals surface area contributed by atoms with Gasteiger partial charge in [-0.1, -0.05) is 17.7 Å². The maximum Gasteiger partial charge on any atom is 0.330 e. The van der Waals surface area contributed by atoms with Gasteiger partial charge in [-0.3, -0.25) is 0 Å². The lowest BCUT2D eigenvalue weighted by atomic mass is 10.1. The van der Waals surface area contributed by atoms with Crippen molar-refractivity contribution in [3.8, 4) is 11.5 Å². The Morgan fingerprint density at radius 2 is 1.91 bits per heavy atom. The molecule has 4 heteroatoms. The van der Waals surface area contributed by atoms with Crippen molar-refractivity contribution in [2.45, 2.75) is 27.7 Å². The molecule has 0 spiro atoms. The van der Waals surface area contributed by atoms with E-state index in [0.29, 0.717) is 24.7 Å². The lowest BCUT2D eigenvalue weighted by molar-refractivity contribution is -0.137. The molecule has 0 aromatic heterocycles. The predicted octanol–water partition coefficient (Wildman–Crippen LogP) is 4.01. The van der Waals surface area contributed by atoms with Gasteiger partial charge in [0.05, 0.1) is 13.7 Å². The fraction of sp³-hybridized carbons (Fsp3) is 0.389. The maximum atomic E-state index is 11.3. The first-order valence-corrected chi connectivity index (χ1v) is 7.26. The first-order valence-electron chi connectivity index (χ1n) is 7.26. The molecule has 0 radical (unpaired) electrons. The number of hydrogen-bond donors (Lipinski definition) is 0. The van der Waals surface area contributed by atoms with Gasteiger partial charge in [-0.15, -0.1) is 0 Å². The maximum absolute atomic E-state index is 11.3. The highest BCUT2D eigenvalue weighted by Gasteiger charge is 2.06. The molecule has 0 aliphatic rings. The van der Waals surface area contributed by atoms with Gasteiger partial charge in [0.25, 0.3) is 0 Å². The molecule has 0 saturated carbocycles. The summed E-state index contributed by atoms with van der Waals surface area (Å²) in [5, 5.41) is 0. The van der Waals surface area contributed by atoms with Gasteiger partial charge >= 0.3 is 5.97 Å². The Morgan fingerprint density at radius 3 is 2.50 bits per heavy atom. The average Bonchev–Trinajstić information content (AvgIpc) is 2.45. The third-order valence-electron chi connectivity index (χ3n) is 2.75. The second-order valence-electron chi connectivity index (χ2n) is 5.16. The van der Waals surface area contributed by atoms with Crippen LogP contribution in [0.1, 0.15) is 33.3 Å². The zero-order valence-corrected chi connectivity index (χ0v) is 13.9. The van der Waals surface area contributed by atoms with Crippen LogP contribution in [0.15, 0.2) is 35.4 Å². The normalized spacial score (nSPS) is 10.9. The summed E-state index contributed by atoms with van der Waals surface area (Å²) in [6.45, 7) is 8.35. The smallest absolute Gasteiger partial charge is 0.330 e. The Bertz CT molecular complexity index is 566. The molecule has 1 aromatic carbocycles. The van der Waals surface area contributed by atoms with E-state index >= 15 is 0 Å². The van der Waals surface area contributed by atoms with Crippen LogP contribution in [0.5, 0.6) is 11.5 Å². The second-order valence-corrected chi connectivity index (χ2v) is 5.16. The van der Waals surface area contributed by atoms with Crippen molar-refractivity contribution in [1.29, 1.82) is 0 Å². The molecule has 0 atom stereocenters. The number of rotatable bonds is 7. The van der Waals surface area contributed by atoms with E-state index in [1.165, 1.54) is 11.6 Å². The zero-order valence-electron chi connectivity index (χ0n) is 13.9. The number of carbonyl (C=O) groups excluding carboxylic acids is 1. The quantitative estimate of drug-likeness (QED) is 0.564. The van der Waals surface area contributed by atoms with E-state index in [9.17, 15) is 4.79 Å². The SMILES string of the molecule is CCOC(=O)C=C(C)COc1ccc(C=C(C)C)cc1OC. The number of ether oxygens (including phenoxy) is 3. The molecule has 0 N–H and O–H groups in total. The van der Waals surface area contributed by atoms with Crippen LogP contribution in [0.25, 0.3) is 6.08 Å². The van der Waals surface area contributed by atoms with Gasteiger partial charge in [-0.25, -0.2) is 4.79 Å². The van der Waals surface area contributed by atoms with Gasteiger partial charge in [-0.05, 0) is 51.0 Å². The van der Waals surface area contributed by atoms with E-state index in [2.05, 4.69) is 6.08 Å². The van der Waals surface area contributed by atoms with Crippen LogP contribution in [0.2, 0.25) is 0 Å². The molecule has 0 heterocycles. The molecule has 22 heavy (non-hydrogen) atoms. The van der Waals surface area contributed by atoms with E-state index in [1.807, 2.05) is 39.0 Å². The van der Waals surface area contributed by atoms with Crippen molar-refractivity contribution in [3.63, 3.8) is 0 Å². The highest BCUT2D eigenvalue weighted by Crippen LogP contribution is 2.29. The van der Waals surface area contributed by atoms with Crippen molar-refractivity contribution >= 4 is 12.0 Å². The lowest BCUT2D eigenvalue weighted by Gasteiger charge is -2.11. The molecule has 120 valence electrons. The standard InChI is InChI=1S/C18H24O4/c1-6-21-18(19)10-14(4)12-22-16-8-7-15(9-13(2)3)11-17(16)20-5/h7-11H,6,12H2,1-5H3. The summed E-state index contributed by atoms with van der Waals surface area (Å²) in [5.41, 5.74) is 3.06. The molecular formula is C18H24O4. The van der Waals surface area contributed by atoms with Crippen LogP contribution in [-0.2, 0) is 9.53 Å². The first-order chi connectivity index (χ1) is 10.5. The average molecular weight is 304 g/mol. The molecule has 0 fully saturated rings. The van der Waals surface area contributed by atoms with E-state index in [-0.39, 0.29) is 5.97 Å². The van der Waals surface area contributed by atoms with Gasteiger partial charge in [0.2, 0.25) is 0 Å². The predicted molar refractivity (Wildman–Crippen MR) is 88.2 cm³/mol. The van der Waals surface area contributed by atoms with Gasteiger partial charge in [0.1, 0.15) is 6.61 Å². The highest BCUT2D eigenvalue weighted by molar-refractivity contribution is 5.82. The largest absolute Gasteiger partial charge is 0.493 e. The Hall–Kier alpha value is -2.23. The minimum Gasteiger partial charge on any atom is -0.493 e. The molecule has 0 amide bonds. The van der Waals surface area contributed by atoms with Gasteiger partial charge in [0, 0.05) is 6.08 Å². The molecule has 0 unspecified atom stereocenters. The summed E-state index contributed by atoms with van der Waals surface area (Å²) in [6, 6.07) is 5.76. The van der Waals surface area contributed by atoms with Gasteiger partial charge in [0.15, 0.2) is 11.5 Å². The van der Waals surface area contributed by atoms with E-state index < -0.39 is 0 Å². The number of esters is 1. The van der Waals surface area contributed by atoms with E-state index in [0.717, 1.165) is 11.1 Å². The van der Waals surface area contributed by atoms with Crippen molar-refractivity contribution in [2.24, 2.45) is 0 Å². The number of carbonyl (C=O) groups is 1. The van der Waals surface area contributed by atoms with Crippen LogP contribution >= 0.6 is 0 Å². The van der Waals surface area contributed by atoms with Crippen molar-refractivity contribution in [1.82, 2.24) is 0 Å². The summed E-state index contributed by atoms with van der Waals surface area (Å²) in [5.74, 6) is 0.957. The minimum absolute atomic E-state index is 0.303. The second kappa shape index (κ2) is 8.93. The Labute approximate surface area is 132 Å². The molecule has 0 aliphatic heterocycles. The summed E-state index contributed by atoms with van der Waals surface area (Å²) in [4.78, 5) is 11.3. The lowest BCUT2D eigenvalue weighted by Crippen LogP contribution is -2.05. The van der Waals surface area contributed by atoms with Gasteiger partial charge in [-0.2, -0.15) is 0 Å². The molecule has 0 saturated heterocycles. The first kappa shape index (κ1) is 17.8. The number of hydrogen-bond acceptors (Lipinski definition) is 4. The van der Waals surface area contributed by atoms with Crippen LogP contribution in [0.4, 0.5) is 0 Å². The topological polar surface area (TPSA) is 44.8 Å². The summed E-state index contributed by atoms with van der Waals surface area (Å²) in [7, 11) is 1.61. The van der Waals surface area contributed by atoms with Crippen molar-refractivity contribution < 1.29 is 19.0 Å². The molecule has 1 rings (SSSR count). The fourth-order valence-electron chi connectivity index (χ4n) is 1.84. The van der Waals surface area contributed by atoms with Crippen molar-refractivity contribution in [3.05, 3.63) is 41.0 Å². The number of benzene rings is 1. The van der Waals surface area contributed by atoms with E-state index in [1.54, 1.807) is 14.0 Å². The minimum atomic E-state index is -0.352. The molecule has 0 bridgehead atoms. The van der Waals surface area contributed by atoms with Crippen molar-refractivity contribution in [2.75, 3.05) is 20.3 Å². The van der Waals surface area contributed by atoms with Crippen LogP contribution < -0.4 is 9.47 Å². The molecule has 0 aliphatic carbocycles. The Balaban J connectivity index is 2.77. The number of methoxy groups -OCH3 is 1. The van der Waals surface area contributed by atoms with Crippen LogP contribution in [-0.4, -0.2) is 26.3 Å². The number of allylic oxidation sites excluding steroid dienone is 1. The Kier molecular flexibility index (Phi) is 7.23. The van der Waals surface area contributed by atoms with Crippen LogP contribution in [0.3, 0.4) is 0 Å². The highest BCUT2D eigenvalue weighted by atomic mass is 16.5. The summed E-state index contributed by atoms with van der Waals surface area (Å²) >= 11 is 0. The molecular weight excluding hydrogens is 280 g/mol. The summed E-state index contributed by atoms with van der Waals surface area (Å²) < 4.78 is 15.9. The molecule has 4 nitrogen and oxygen atoms in total.